The Labute approximate surface area is 80.1 Å². The fraction of sp³-hybridized carbons (Fsp3) is 0.444. The summed E-state index contributed by atoms with van der Waals surface area (Å²) in [4.78, 5) is 10.8. The zero-order valence-corrected chi connectivity index (χ0v) is 7.89. The van der Waals surface area contributed by atoms with Crippen LogP contribution in [0, 0.1) is 0 Å². The van der Waals surface area contributed by atoms with E-state index in [2.05, 4.69) is 4.74 Å². The number of carbonyl (C=O) groups is 1. The number of ketones is 1. The number of hydrogen-bond acceptors (Lipinski definition) is 2. The average Bonchev–Trinajstić information content (AvgIpc) is 2.01. The molecule has 0 spiro atoms. The van der Waals surface area contributed by atoms with Crippen LogP contribution in [-0.2, 0) is 9.53 Å². The molecule has 0 atom stereocenters. The summed E-state index contributed by atoms with van der Waals surface area (Å²) < 4.78 is 37.9. The zero-order valence-electron chi connectivity index (χ0n) is 7.89. The molecule has 0 radical (unpaired) electrons. The van der Waals surface area contributed by atoms with Crippen LogP contribution in [0.25, 0.3) is 0 Å². The third-order valence-corrected chi connectivity index (χ3v) is 1.36. The van der Waals surface area contributed by atoms with E-state index in [1.54, 1.807) is 6.92 Å². The van der Waals surface area contributed by atoms with Crippen molar-refractivity contribution < 1.29 is 22.7 Å². The minimum atomic E-state index is -4.63. The lowest BCUT2D eigenvalue weighted by Crippen LogP contribution is -2.13. The van der Waals surface area contributed by atoms with Gasteiger partial charge in [-0.15, -0.1) is 13.2 Å². The quantitative estimate of drug-likeness (QED) is 0.524. The van der Waals surface area contributed by atoms with Crippen molar-refractivity contribution in [3.8, 4) is 0 Å². The minimum Gasteiger partial charge on any atom is -0.295 e. The van der Waals surface area contributed by atoms with E-state index in [0.29, 0.717) is 5.57 Å². The largest absolute Gasteiger partial charge is 0.522 e. The van der Waals surface area contributed by atoms with Crippen molar-refractivity contribution in [2.75, 3.05) is 6.61 Å². The Morgan fingerprint density at radius 1 is 1.43 bits per heavy atom. The van der Waals surface area contributed by atoms with Gasteiger partial charge < -0.3 is 0 Å². The third kappa shape index (κ3) is 6.42. The molecule has 0 aliphatic heterocycles. The van der Waals surface area contributed by atoms with E-state index >= 15 is 0 Å². The molecule has 0 fully saturated rings. The number of ether oxygens (including phenoxy) is 1. The number of rotatable bonds is 4. The van der Waals surface area contributed by atoms with E-state index in [1.807, 2.05) is 0 Å². The molecule has 0 aromatic rings. The van der Waals surface area contributed by atoms with Crippen LogP contribution in [0.15, 0.2) is 23.8 Å². The molecule has 80 valence electrons. The van der Waals surface area contributed by atoms with E-state index in [1.165, 1.54) is 19.1 Å². The van der Waals surface area contributed by atoms with Gasteiger partial charge in [0.2, 0.25) is 0 Å². The summed E-state index contributed by atoms with van der Waals surface area (Å²) >= 11 is 0. The number of hydrogen-bond donors (Lipinski definition) is 0. The lowest BCUT2D eigenvalue weighted by atomic mass is 10.1. The van der Waals surface area contributed by atoms with Crippen LogP contribution in [0.3, 0.4) is 0 Å². The second kappa shape index (κ2) is 5.59. The van der Waals surface area contributed by atoms with Crippen molar-refractivity contribution in [1.82, 2.24) is 0 Å². The Morgan fingerprint density at radius 2 is 2.00 bits per heavy atom. The van der Waals surface area contributed by atoms with E-state index in [9.17, 15) is 18.0 Å². The predicted molar refractivity (Wildman–Crippen MR) is 45.6 cm³/mol. The summed E-state index contributed by atoms with van der Waals surface area (Å²) in [5, 5.41) is 0. The standard InChI is InChI=1S/C9H11F3O2/c1-3-8(7(2)13)5-4-6-14-9(10,11)12/h3-5H,6H2,1-2H3/b5-4-,8-3+. The van der Waals surface area contributed by atoms with Gasteiger partial charge in [-0.2, -0.15) is 0 Å². The lowest BCUT2D eigenvalue weighted by Gasteiger charge is -2.03. The Balaban J connectivity index is 4.01. The van der Waals surface area contributed by atoms with Crippen molar-refractivity contribution in [3.63, 3.8) is 0 Å². The van der Waals surface area contributed by atoms with E-state index < -0.39 is 13.0 Å². The highest BCUT2D eigenvalue weighted by Crippen LogP contribution is 2.15. The molecule has 0 rings (SSSR count). The van der Waals surface area contributed by atoms with Crippen molar-refractivity contribution >= 4 is 5.78 Å². The molecule has 0 heterocycles. The van der Waals surface area contributed by atoms with Gasteiger partial charge in [-0.3, -0.25) is 9.53 Å². The van der Waals surface area contributed by atoms with Crippen LogP contribution in [-0.4, -0.2) is 18.8 Å². The molecule has 0 bridgehead atoms. The Bertz CT molecular complexity index is 251. The molecule has 0 aromatic carbocycles. The highest BCUT2D eigenvalue weighted by molar-refractivity contribution is 5.95. The van der Waals surface area contributed by atoms with Gasteiger partial charge in [-0.1, -0.05) is 18.2 Å². The smallest absolute Gasteiger partial charge is 0.295 e. The maximum atomic E-state index is 11.5. The first-order valence-electron chi connectivity index (χ1n) is 3.91. The fourth-order valence-electron chi connectivity index (χ4n) is 0.735. The summed E-state index contributed by atoms with van der Waals surface area (Å²) in [6.07, 6.45) is -0.665. The fourth-order valence-corrected chi connectivity index (χ4v) is 0.735. The number of carbonyl (C=O) groups excluding carboxylic acids is 1. The summed E-state index contributed by atoms with van der Waals surface area (Å²) in [6, 6.07) is 0. The molecule has 0 amide bonds. The summed E-state index contributed by atoms with van der Waals surface area (Å²) in [5.74, 6) is -0.198. The molecular formula is C9H11F3O2. The van der Waals surface area contributed by atoms with Gasteiger partial charge in [0.1, 0.15) is 0 Å². The van der Waals surface area contributed by atoms with E-state index in [4.69, 9.17) is 0 Å². The monoisotopic (exact) mass is 208 g/mol. The number of allylic oxidation sites excluding steroid dienone is 3. The highest BCUT2D eigenvalue weighted by atomic mass is 19.4. The second-order valence-electron chi connectivity index (χ2n) is 2.46. The van der Waals surface area contributed by atoms with E-state index in [-0.39, 0.29) is 5.78 Å². The van der Waals surface area contributed by atoms with Crippen LogP contribution >= 0.6 is 0 Å². The van der Waals surface area contributed by atoms with Gasteiger partial charge in [0.05, 0.1) is 6.61 Å². The second-order valence-corrected chi connectivity index (χ2v) is 2.46. The zero-order chi connectivity index (χ0) is 11.2. The third-order valence-electron chi connectivity index (χ3n) is 1.36. The normalized spacial score (nSPS) is 13.6. The van der Waals surface area contributed by atoms with E-state index in [0.717, 1.165) is 6.08 Å². The average molecular weight is 208 g/mol. The summed E-state index contributed by atoms with van der Waals surface area (Å²) in [5.41, 5.74) is 0.357. The topological polar surface area (TPSA) is 26.3 Å². The van der Waals surface area contributed by atoms with Crippen molar-refractivity contribution in [2.45, 2.75) is 20.2 Å². The Morgan fingerprint density at radius 3 is 2.36 bits per heavy atom. The van der Waals surface area contributed by atoms with Gasteiger partial charge >= 0.3 is 6.36 Å². The molecular weight excluding hydrogens is 197 g/mol. The highest BCUT2D eigenvalue weighted by Gasteiger charge is 2.27. The SMILES string of the molecule is C/C=C(\C=C/COC(F)(F)F)C(C)=O. The summed E-state index contributed by atoms with van der Waals surface area (Å²) in [7, 11) is 0. The van der Waals surface area contributed by atoms with Crippen LogP contribution in [0.4, 0.5) is 13.2 Å². The van der Waals surface area contributed by atoms with Crippen LogP contribution < -0.4 is 0 Å². The minimum absolute atomic E-state index is 0.198. The van der Waals surface area contributed by atoms with Gasteiger partial charge in [0, 0.05) is 5.57 Å². The Kier molecular flexibility index (Phi) is 5.15. The van der Waals surface area contributed by atoms with Crippen LogP contribution in [0.5, 0.6) is 0 Å². The molecule has 5 heteroatoms. The molecule has 0 aliphatic carbocycles. The van der Waals surface area contributed by atoms with Crippen LogP contribution in [0.1, 0.15) is 13.8 Å². The number of alkyl halides is 3. The number of halogens is 3. The lowest BCUT2D eigenvalue weighted by molar-refractivity contribution is -0.319. The van der Waals surface area contributed by atoms with Crippen molar-refractivity contribution in [1.29, 1.82) is 0 Å². The first-order chi connectivity index (χ1) is 6.37. The molecule has 0 saturated heterocycles. The molecule has 14 heavy (non-hydrogen) atoms. The Hall–Kier alpha value is -1.10. The van der Waals surface area contributed by atoms with Crippen molar-refractivity contribution in [3.05, 3.63) is 23.8 Å². The molecule has 0 unspecified atom stereocenters. The van der Waals surface area contributed by atoms with Gasteiger partial charge in [-0.05, 0) is 13.8 Å². The van der Waals surface area contributed by atoms with Gasteiger partial charge in [-0.25, -0.2) is 0 Å². The maximum Gasteiger partial charge on any atom is 0.522 e. The summed E-state index contributed by atoms with van der Waals surface area (Å²) in [6.45, 7) is 2.38. The molecule has 0 aromatic heterocycles. The molecule has 0 aliphatic rings. The molecule has 0 saturated carbocycles. The van der Waals surface area contributed by atoms with Crippen molar-refractivity contribution in [2.24, 2.45) is 0 Å². The number of Topliss-reactive ketones (excluding diaryl/α,β-unsaturated/α-hetero) is 1. The van der Waals surface area contributed by atoms with Gasteiger partial charge in [0.15, 0.2) is 5.78 Å². The van der Waals surface area contributed by atoms with Gasteiger partial charge in [0.25, 0.3) is 0 Å². The molecule has 2 nitrogen and oxygen atoms in total. The van der Waals surface area contributed by atoms with Crippen LogP contribution in [0.2, 0.25) is 0 Å². The first kappa shape index (κ1) is 12.9. The maximum absolute atomic E-state index is 11.5. The first-order valence-corrected chi connectivity index (χ1v) is 3.91. The molecule has 0 N–H and O–H groups in total. The predicted octanol–water partition coefficient (Wildman–Crippen LogP) is 2.61.